The van der Waals surface area contributed by atoms with Crippen LogP contribution in [0.15, 0.2) is 0 Å². The van der Waals surface area contributed by atoms with Crippen LogP contribution in [0, 0.1) is 0 Å². The van der Waals surface area contributed by atoms with Crippen molar-refractivity contribution in [2.24, 2.45) is 0 Å². The van der Waals surface area contributed by atoms with Gasteiger partial charge in [0.05, 0.1) is 11.9 Å². The van der Waals surface area contributed by atoms with Crippen LogP contribution >= 0.6 is 24.8 Å². The predicted molar refractivity (Wildman–Crippen MR) is 24.9 cm³/mol. The standard InChI is InChI=1S/CH2ClNO3S/c2-5-3(1-4)6-7/h1,7H. The molecule has 0 bridgehead atoms. The average molecular weight is 144 g/mol. The number of rotatable bonds is 3. The minimum absolute atomic E-state index is 0.208. The molecule has 0 spiro atoms. The maximum Gasteiger partial charge on any atom is 0.264 e. The van der Waals surface area contributed by atoms with E-state index in [0.717, 1.165) is 0 Å². The number of nitrogens with zero attached hydrogens (tertiary/aromatic N) is 1. The molecule has 0 aliphatic heterocycles. The van der Waals surface area contributed by atoms with Crippen molar-refractivity contribution in [3.8, 4) is 0 Å². The van der Waals surface area contributed by atoms with Crippen LogP contribution < -0.4 is 0 Å². The number of hydroxylamine groups is 2. The number of halogens is 1. The Bertz CT molecular complexity index is 56.9. The van der Waals surface area contributed by atoms with E-state index in [1.807, 2.05) is 0 Å². The molecule has 0 aliphatic rings. The van der Waals surface area contributed by atoms with Gasteiger partial charge in [-0.3, -0.25) is 4.79 Å². The Kier molecular flexibility index (Phi) is 4.21. The molecule has 0 aliphatic carbocycles. The number of carbonyl (C=O) groups is 1. The normalized spacial score (nSPS) is 8.29. The van der Waals surface area contributed by atoms with E-state index in [0.29, 0.717) is 5.23 Å². The number of hydrogen-bond donors (Lipinski definition) is 1. The summed E-state index contributed by atoms with van der Waals surface area (Å²) in [6, 6.07) is 0. The third-order valence-electron chi connectivity index (χ3n) is 0.235. The minimum Gasteiger partial charge on any atom is -0.274 e. The Balaban J connectivity index is 3.16. The summed E-state index contributed by atoms with van der Waals surface area (Å²) in [6.45, 7) is 0. The highest BCUT2D eigenvalue weighted by Gasteiger charge is 1.93. The molecule has 0 fully saturated rings. The molecule has 0 unspecified atom stereocenters. The van der Waals surface area contributed by atoms with Gasteiger partial charge in [0.1, 0.15) is 0 Å². The first kappa shape index (κ1) is 7.03. The van der Waals surface area contributed by atoms with Gasteiger partial charge in [0.25, 0.3) is 6.41 Å². The van der Waals surface area contributed by atoms with Gasteiger partial charge in [-0.1, -0.05) is 5.23 Å². The lowest BCUT2D eigenvalue weighted by Crippen LogP contribution is -2.12. The van der Waals surface area contributed by atoms with E-state index in [-0.39, 0.29) is 6.41 Å². The first-order valence-corrected chi connectivity index (χ1v) is 1.87. The summed E-state index contributed by atoms with van der Waals surface area (Å²) in [5.74, 6) is 0. The van der Waals surface area contributed by atoms with Gasteiger partial charge in [-0.15, -0.1) is 4.39 Å². The van der Waals surface area contributed by atoms with E-state index in [9.17, 15) is 4.79 Å². The molecule has 0 aromatic rings. The van der Waals surface area contributed by atoms with E-state index < -0.39 is 0 Å². The molecule has 42 valence electrons. The molecule has 0 saturated carbocycles. The minimum atomic E-state index is 0.208. The van der Waals surface area contributed by atoms with Crippen LogP contribution in [-0.4, -0.2) is 11.6 Å². The highest BCUT2D eigenvalue weighted by Crippen LogP contribution is 1.91. The topological polar surface area (TPSA) is 38.8 Å². The second-order valence-corrected chi connectivity index (χ2v) is 0.843. The van der Waals surface area contributed by atoms with Crippen LogP contribution in [0.5, 0.6) is 0 Å². The van der Waals surface area contributed by atoms with Crippen molar-refractivity contribution >= 4 is 31.2 Å². The number of thiol groups is 1. The summed E-state index contributed by atoms with van der Waals surface area (Å²) in [6.07, 6.45) is 0.208. The molecule has 4 nitrogen and oxygen atoms in total. The van der Waals surface area contributed by atoms with Crippen LogP contribution in [0.1, 0.15) is 0 Å². The molecular weight excluding hydrogens is 142 g/mol. The van der Waals surface area contributed by atoms with Crippen LogP contribution in [-0.2, 0) is 13.5 Å². The van der Waals surface area contributed by atoms with Gasteiger partial charge in [-0.25, -0.2) is 0 Å². The lowest BCUT2D eigenvalue weighted by molar-refractivity contribution is -0.221. The van der Waals surface area contributed by atoms with Gasteiger partial charge < -0.3 is 0 Å². The van der Waals surface area contributed by atoms with Crippen LogP contribution in [0.3, 0.4) is 0 Å². The Labute approximate surface area is 50.6 Å². The fraction of sp³-hybridized carbons (Fsp3) is 0. The molecule has 0 saturated heterocycles. The van der Waals surface area contributed by atoms with Crippen molar-refractivity contribution in [1.29, 1.82) is 0 Å². The first-order chi connectivity index (χ1) is 3.35. The van der Waals surface area contributed by atoms with Crippen molar-refractivity contribution in [1.82, 2.24) is 5.23 Å². The quantitative estimate of drug-likeness (QED) is 0.267. The Hall–Kier alpha value is 0.0300. The molecule has 0 atom stereocenters. The van der Waals surface area contributed by atoms with Crippen molar-refractivity contribution in [2.75, 3.05) is 0 Å². The SMILES string of the molecule is O=CN(OS)OCl. The average Bonchev–Trinajstić information content (AvgIpc) is 1.72. The van der Waals surface area contributed by atoms with E-state index >= 15 is 0 Å². The van der Waals surface area contributed by atoms with Crippen molar-refractivity contribution in [3.63, 3.8) is 0 Å². The second kappa shape index (κ2) is 4.20. The van der Waals surface area contributed by atoms with Crippen LogP contribution in [0.2, 0.25) is 0 Å². The molecule has 0 N–H and O–H groups in total. The number of hydrogen-bond acceptors (Lipinski definition) is 4. The van der Waals surface area contributed by atoms with Crippen molar-refractivity contribution in [2.45, 2.75) is 0 Å². The first-order valence-electron chi connectivity index (χ1n) is 1.20. The summed E-state index contributed by atoms with van der Waals surface area (Å²) in [5, 5.41) is 0.324. The molecule has 1 amide bonds. The molecular formula is CH2ClNO3S. The summed E-state index contributed by atoms with van der Waals surface area (Å²) in [7, 11) is 0. The fourth-order valence-corrected chi connectivity index (χ4v) is 0.220. The van der Waals surface area contributed by atoms with Gasteiger partial charge >= 0.3 is 0 Å². The van der Waals surface area contributed by atoms with Gasteiger partial charge in [0.2, 0.25) is 0 Å². The second-order valence-electron chi connectivity index (χ2n) is 0.541. The maximum absolute atomic E-state index is 9.51. The lowest BCUT2D eigenvalue weighted by atomic mass is 11.4. The number of amides is 1. The van der Waals surface area contributed by atoms with Crippen molar-refractivity contribution < 1.29 is 13.5 Å². The zero-order valence-electron chi connectivity index (χ0n) is 3.07. The largest absolute Gasteiger partial charge is 0.274 e. The molecule has 0 radical (unpaired) electrons. The number of carbonyl (C=O) groups excluding carboxylic acids is 1. The monoisotopic (exact) mass is 143 g/mol. The van der Waals surface area contributed by atoms with Gasteiger partial charge in [0, 0.05) is 12.9 Å². The van der Waals surface area contributed by atoms with Gasteiger partial charge in [-0.05, 0) is 0 Å². The molecule has 0 rings (SSSR count). The smallest absolute Gasteiger partial charge is 0.264 e. The highest BCUT2D eigenvalue weighted by atomic mass is 35.5. The van der Waals surface area contributed by atoms with Crippen LogP contribution in [0.4, 0.5) is 0 Å². The molecule has 7 heavy (non-hydrogen) atoms. The van der Waals surface area contributed by atoms with Crippen LogP contribution in [0.25, 0.3) is 0 Å². The van der Waals surface area contributed by atoms with E-state index in [1.54, 1.807) is 0 Å². The molecule has 0 aromatic carbocycles. The Morgan fingerprint density at radius 3 is 2.43 bits per heavy atom. The van der Waals surface area contributed by atoms with Crippen molar-refractivity contribution in [3.05, 3.63) is 0 Å². The fourth-order valence-electron chi connectivity index (χ4n) is 0.0481. The molecule has 0 heterocycles. The predicted octanol–water partition coefficient (Wildman–Crippen LogP) is 0.307. The third kappa shape index (κ3) is 2.69. The third-order valence-corrected chi connectivity index (χ3v) is 0.532. The zero-order chi connectivity index (χ0) is 5.70. The highest BCUT2D eigenvalue weighted by molar-refractivity contribution is 7.75. The summed E-state index contributed by atoms with van der Waals surface area (Å²) >= 11 is 7.75. The molecule has 0 aromatic heterocycles. The zero-order valence-corrected chi connectivity index (χ0v) is 4.72. The van der Waals surface area contributed by atoms with E-state index in [4.69, 9.17) is 0 Å². The summed E-state index contributed by atoms with van der Waals surface area (Å²) in [5.41, 5.74) is 0. The van der Waals surface area contributed by atoms with E-state index in [2.05, 4.69) is 33.4 Å². The molecule has 6 heteroatoms. The Morgan fingerprint density at radius 1 is 1.86 bits per heavy atom. The maximum atomic E-state index is 9.51. The Morgan fingerprint density at radius 2 is 2.43 bits per heavy atom. The van der Waals surface area contributed by atoms with E-state index in [1.165, 1.54) is 0 Å². The van der Waals surface area contributed by atoms with Gasteiger partial charge in [0.15, 0.2) is 0 Å². The lowest BCUT2D eigenvalue weighted by Gasteiger charge is -2.01. The summed E-state index contributed by atoms with van der Waals surface area (Å²) < 4.78 is 7.54. The summed E-state index contributed by atoms with van der Waals surface area (Å²) in [4.78, 5) is 9.51. The van der Waals surface area contributed by atoms with Gasteiger partial charge in [-0.2, -0.15) is 4.28 Å².